The van der Waals surface area contributed by atoms with Crippen molar-refractivity contribution in [1.82, 2.24) is 14.2 Å². The van der Waals surface area contributed by atoms with Crippen LogP contribution < -0.4 is 4.74 Å². The van der Waals surface area contributed by atoms with E-state index in [9.17, 15) is 26.5 Å². The molecule has 0 aliphatic carbocycles. The topological polar surface area (TPSA) is 144 Å². The fourth-order valence-electron chi connectivity index (χ4n) is 3.61. The standard InChI is InChI=1S/C18H25N5O4S2.C2HF3O2/c1-27-17-2-4-18(5-3-17)29(25,26)22-8-6-15(7-9-22)23(20-24)11-10-21-14-28-13-16(21)12-19;3-2(4,5)1(6)7/h2-5,15-16H,6-11,13-14H2,1H3;(H,6,7). The molecule has 200 valence electrons. The number of thioether (sulfide) groups is 1. The summed E-state index contributed by atoms with van der Waals surface area (Å²) in [5.74, 6) is -0.589. The molecular weight excluding hydrogens is 527 g/mol. The molecule has 3 rings (SSSR count). The van der Waals surface area contributed by atoms with Gasteiger partial charge in [0.15, 0.2) is 0 Å². The highest BCUT2D eigenvalue weighted by molar-refractivity contribution is 7.99. The fourth-order valence-corrected chi connectivity index (χ4v) is 6.24. The number of nitriles is 1. The van der Waals surface area contributed by atoms with Crippen molar-refractivity contribution < 1.29 is 36.2 Å². The second kappa shape index (κ2) is 13.1. The minimum Gasteiger partial charge on any atom is -0.497 e. The molecule has 2 aliphatic rings. The Balaban J connectivity index is 0.000000572. The zero-order valence-electron chi connectivity index (χ0n) is 19.3. The third-order valence-electron chi connectivity index (χ3n) is 5.63. The van der Waals surface area contributed by atoms with Crippen LogP contribution in [-0.2, 0) is 14.8 Å². The van der Waals surface area contributed by atoms with Crippen molar-refractivity contribution >= 4 is 27.8 Å². The number of methoxy groups -OCH3 is 1. The average Bonchev–Trinajstić information content (AvgIpc) is 3.32. The van der Waals surface area contributed by atoms with Gasteiger partial charge in [-0.2, -0.15) is 22.7 Å². The average molecular weight is 554 g/mol. The molecule has 0 radical (unpaired) electrons. The maximum absolute atomic E-state index is 12.8. The van der Waals surface area contributed by atoms with E-state index >= 15 is 0 Å². The highest BCUT2D eigenvalue weighted by atomic mass is 32.2. The van der Waals surface area contributed by atoms with Crippen LogP contribution in [0.25, 0.3) is 0 Å². The first-order valence-electron chi connectivity index (χ1n) is 10.7. The Morgan fingerprint density at radius 2 is 1.89 bits per heavy atom. The van der Waals surface area contributed by atoms with Crippen LogP contribution in [-0.4, -0.2) is 96.9 Å². The number of carboxylic acid groups (broad SMARTS) is 1. The van der Waals surface area contributed by atoms with Crippen LogP contribution >= 0.6 is 11.8 Å². The zero-order valence-corrected chi connectivity index (χ0v) is 20.9. The van der Waals surface area contributed by atoms with E-state index < -0.39 is 22.2 Å². The van der Waals surface area contributed by atoms with Gasteiger partial charge in [-0.25, -0.2) is 13.2 Å². The Bertz CT molecular complexity index is 1030. The number of halogens is 3. The van der Waals surface area contributed by atoms with Crippen LogP contribution in [0.4, 0.5) is 13.2 Å². The van der Waals surface area contributed by atoms with E-state index in [0.717, 1.165) is 11.6 Å². The molecule has 36 heavy (non-hydrogen) atoms. The lowest BCUT2D eigenvalue weighted by molar-refractivity contribution is -0.192. The predicted molar refractivity (Wildman–Crippen MR) is 124 cm³/mol. The molecule has 1 N–H and O–H groups in total. The van der Waals surface area contributed by atoms with Crippen LogP contribution in [0.3, 0.4) is 0 Å². The number of aliphatic carboxylic acids is 1. The first-order chi connectivity index (χ1) is 16.9. The molecule has 1 aromatic carbocycles. The first-order valence-corrected chi connectivity index (χ1v) is 13.3. The molecule has 2 heterocycles. The summed E-state index contributed by atoms with van der Waals surface area (Å²) >= 11 is 1.71. The highest BCUT2D eigenvalue weighted by Gasteiger charge is 2.38. The second-order valence-electron chi connectivity index (χ2n) is 7.82. The Labute approximate surface area is 210 Å². The van der Waals surface area contributed by atoms with Gasteiger partial charge in [-0.15, -0.1) is 16.7 Å². The largest absolute Gasteiger partial charge is 0.497 e. The van der Waals surface area contributed by atoms with Crippen molar-refractivity contribution in [3.8, 4) is 11.8 Å². The van der Waals surface area contributed by atoms with E-state index in [2.05, 4.69) is 11.4 Å². The maximum Gasteiger partial charge on any atom is 0.490 e. The number of nitroso groups, excluding NO2 is 1. The molecule has 11 nitrogen and oxygen atoms in total. The number of carboxylic acids is 1. The van der Waals surface area contributed by atoms with Crippen LogP contribution in [0.2, 0.25) is 0 Å². The quantitative estimate of drug-likeness (QED) is 0.376. The normalized spacial score (nSPS) is 19.6. The number of piperidine rings is 1. The number of alkyl halides is 3. The van der Waals surface area contributed by atoms with Gasteiger partial charge >= 0.3 is 12.1 Å². The van der Waals surface area contributed by atoms with Crippen molar-refractivity contribution in [1.29, 1.82) is 5.26 Å². The molecule has 0 bridgehead atoms. The Hall–Kier alpha value is -2.61. The number of rotatable bonds is 8. The van der Waals surface area contributed by atoms with Crippen molar-refractivity contribution in [2.75, 3.05) is 44.9 Å². The first kappa shape index (κ1) is 29.6. The zero-order chi connectivity index (χ0) is 26.9. The van der Waals surface area contributed by atoms with Crippen LogP contribution in [0, 0.1) is 16.2 Å². The molecule has 2 saturated heterocycles. The highest BCUT2D eigenvalue weighted by Crippen LogP contribution is 2.25. The molecule has 0 aromatic heterocycles. The summed E-state index contributed by atoms with van der Waals surface area (Å²) in [6.07, 6.45) is -4.00. The van der Waals surface area contributed by atoms with Gasteiger partial charge in [0.05, 0.1) is 35.9 Å². The minimum absolute atomic E-state index is 0.0920. The Kier molecular flexibility index (Phi) is 10.8. The molecule has 16 heteroatoms. The minimum atomic E-state index is -5.08. The van der Waals surface area contributed by atoms with Gasteiger partial charge in [-0.05, 0) is 37.1 Å². The van der Waals surface area contributed by atoms with Gasteiger partial charge < -0.3 is 9.84 Å². The summed E-state index contributed by atoms with van der Waals surface area (Å²) in [4.78, 5) is 22.5. The molecule has 2 fully saturated rings. The number of carbonyl (C=O) groups is 1. The lowest BCUT2D eigenvalue weighted by Crippen LogP contribution is -2.47. The number of benzene rings is 1. The molecule has 1 unspecified atom stereocenters. The Morgan fingerprint density at radius 1 is 1.31 bits per heavy atom. The molecule has 1 atom stereocenters. The van der Waals surface area contributed by atoms with E-state index in [-0.39, 0.29) is 17.0 Å². The van der Waals surface area contributed by atoms with Crippen molar-refractivity contribution in [3.05, 3.63) is 29.2 Å². The molecule has 1 aromatic rings. The lowest BCUT2D eigenvalue weighted by Gasteiger charge is -2.35. The monoisotopic (exact) mass is 553 g/mol. The number of hydrogen-bond acceptors (Lipinski definition) is 9. The Morgan fingerprint density at radius 3 is 2.36 bits per heavy atom. The predicted octanol–water partition coefficient (Wildman–Crippen LogP) is 2.36. The van der Waals surface area contributed by atoms with Gasteiger partial charge in [0.25, 0.3) is 0 Å². The van der Waals surface area contributed by atoms with Gasteiger partial charge in [-0.3, -0.25) is 9.91 Å². The summed E-state index contributed by atoms with van der Waals surface area (Å²) in [7, 11) is -2.04. The molecule has 0 spiro atoms. The maximum atomic E-state index is 12.8. The van der Waals surface area contributed by atoms with Crippen LogP contribution in [0.1, 0.15) is 12.8 Å². The summed E-state index contributed by atoms with van der Waals surface area (Å²) in [5, 5.41) is 21.0. The van der Waals surface area contributed by atoms with Crippen molar-refractivity contribution in [3.63, 3.8) is 0 Å². The third kappa shape index (κ3) is 7.95. The lowest BCUT2D eigenvalue weighted by atomic mass is 10.1. The van der Waals surface area contributed by atoms with Crippen LogP contribution in [0.5, 0.6) is 5.75 Å². The molecule has 0 saturated carbocycles. The number of sulfonamides is 1. The van der Waals surface area contributed by atoms with E-state index in [1.165, 1.54) is 16.4 Å². The number of hydrogen-bond donors (Lipinski definition) is 1. The third-order valence-corrected chi connectivity index (χ3v) is 8.61. The van der Waals surface area contributed by atoms with E-state index in [1.807, 2.05) is 4.90 Å². The summed E-state index contributed by atoms with van der Waals surface area (Å²) in [6, 6.07) is 8.40. The van der Waals surface area contributed by atoms with E-state index in [1.54, 1.807) is 36.0 Å². The summed E-state index contributed by atoms with van der Waals surface area (Å²) < 4.78 is 64.0. The van der Waals surface area contributed by atoms with Gasteiger partial charge in [-0.1, -0.05) is 0 Å². The van der Waals surface area contributed by atoms with E-state index in [0.29, 0.717) is 44.8 Å². The molecule has 2 aliphatic heterocycles. The van der Waals surface area contributed by atoms with Gasteiger partial charge in [0.2, 0.25) is 10.0 Å². The number of nitrogens with zero attached hydrogens (tertiary/aromatic N) is 5. The smallest absolute Gasteiger partial charge is 0.490 e. The molecule has 0 amide bonds. The van der Waals surface area contributed by atoms with Gasteiger partial charge in [0.1, 0.15) is 11.8 Å². The van der Waals surface area contributed by atoms with Crippen LogP contribution in [0.15, 0.2) is 34.4 Å². The molecular formula is C20H26F3N5O6S2. The summed E-state index contributed by atoms with van der Waals surface area (Å²) in [6.45, 7) is 1.72. The van der Waals surface area contributed by atoms with E-state index in [4.69, 9.17) is 19.9 Å². The van der Waals surface area contributed by atoms with Crippen molar-refractivity contribution in [2.24, 2.45) is 5.29 Å². The number of ether oxygens (including phenoxy) is 1. The second-order valence-corrected chi connectivity index (χ2v) is 10.8. The fraction of sp³-hybridized carbons (Fsp3) is 0.600. The van der Waals surface area contributed by atoms with Gasteiger partial charge in [0, 0.05) is 31.3 Å². The van der Waals surface area contributed by atoms with Crippen molar-refractivity contribution in [2.45, 2.75) is 36.0 Å². The SMILES string of the molecule is COc1ccc(S(=O)(=O)N2CCC(N(CCN3CSCC3C#N)N=O)CC2)cc1.O=C(O)C(F)(F)F. The summed E-state index contributed by atoms with van der Waals surface area (Å²) in [5.41, 5.74) is 0.